The van der Waals surface area contributed by atoms with Crippen molar-refractivity contribution in [3.8, 4) is 5.75 Å². The van der Waals surface area contributed by atoms with E-state index in [1.165, 1.54) is 0 Å². The Balaban J connectivity index is 0.000000796. The van der Waals surface area contributed by atoms with Crippen LogP contribution in [0.3, 0.4) is 0 Å². The first-order valence-electron chi connectivity index (χ1n) is 6.31. The molecule has 0 saturated heterocycles. The van der Waals surface area contributed by atoms with Gasteiger partial charge in [0, 0.05) is 19.3 Å². The first kappa shape index (κ1) is 17.9. The monoisotopic (exact) mass is 282 g/mol. The number of oxime groups is 1. The van der Waals surface area contributed by atoms with Crippen LogP contribution in [0.25, 0.3) is 0 Å². The Bertz CT molecular complexity index is 402. The Morgan fingerprint density at radius 1 is 1.40 bits per heavy atom. The van der Waals surface area contributed by atoms with Crippen molar-refractivity contribution < 1.29 is 19.5 Å². The van der Waals surface area contributed by atoms with E-state index in [-0.39, 0.29) is 5.84 Å². The number of amidine groups is 1. The second-order valence-electron chi connectivity index (χ2n) is 3.79. The summed E-state index contributed by atoms with van der Waals surface area (Å²) in [5, 5.41) is 11.3. The topological polar surface area (TPSA) is 94.1 Å². The van der Waals surface area contributed by atoms with Gasteiger partial charge in [-0.2, -0.15) is 0 Å². The van der Waals surface area contributed by atoms with Gasteiger partial charge in [0.25, 0.3) is 0 Å². The zero-order chi connectivity index (χ0) is 15.4. The second-order valence-corrected chi connectivity index (χ2v) is 3.79. The number of methoxy groups -OCH3 is 1. The quantitative estimate of drug-likeness (QED) is 0.273. The molecule has 0 aliphatic heterocycles. The number of carbonyl (C=O) groups excluding carboxylic acids is 1. The van der Waals surface area contributed by atoms with Crippen LogP contribution in [0.1, 0.15) is 25.8 Å². The number of ether oxygens (including phenoxy) is 2. The summed E-state index contributed by atoms with van der Waals surface area (Å²) in [5.41, 5.74) is 5.99. The van der Waals surface area contributed by atoms with Gasteiger partial charge in [-0.3, -0.25) is 4.79 Å². The van der Waals surface area contributed by atoms with Gasteiger partial charge >= 0.3 is 0 Å². The van der Waals surface area contributed by atoms with Crippen LogP contribution in [0.5, 0.6) is 5.75 Å². The molecule has 1 unspecified atom stereocenters. The molecule has 0 spiro atoms. The van der Waals surface area contributed by atoms with Crippen molar-refractivity contribution >= 4 is 12.1 Å². The largest absolute Gasteiger partial charge is 0.483 e. The van der Waals surface area contributed by atoms with Crippen LogP contribution in [0.2, 0.25) is 0 Å². The highest BCUT2D eigenvalue weighted by Gasteiger charge is 2.06. The molecule has 1 aromatic rings. The molecular formula is C14H22N2O4. The molecule has 0 saturated carbocycles. The zero-order valence-corrected chi connectivity index (χ0v) is 12.1. The maximum absolute atomic E-state index is 10.6. The van der Waals surface area contributed by atoms with E-state index in [4.69, 9.17) is 15.7 Å². The van der Waals surface area contributed by atoms with E-state index in [1.54, 1.807) is 31.4 Å². The Kier molecular flexibility index (Phi) is 9.68. The van der Waals surface area contributed by atoms with Gasteiger partial charge in [0.2, 0.25) is 0 Å². The van der Waals surface area contributed by atoms with E-state index < -0.39 is 6.10 Å². The SMILES string of the molecule is CCC(C=O)Oc1ccc(/C(N)=N/O)cc1.CCOC. The summed E-state index contributed by atoms with van der Waals surface area (Å²) in [5.74, 6) is 0.613. The van der Waals surface area contributed by atoms with Gasteiger partial charge in [-0.15, -0.1) is 0 Å². The highest BCUT2D eigenvalue weighted by Crippen LogP contribution is 2.14. The number of nitrogens with two attached hydrogens (primary N) is 1. The fourth-order valence-corrected chi connectivity index (χ4v) is 1.14. The average Bonchev–Trinajstić information content (AvgIpc) is 2.52. The van der Waals surface area contributed by atoms with Gasteiger partial charge in [0.05, 0.1) is 0 Å². The highest BCUT2D eigenvalue weighted by molar-refractivity contribution is 5.97. The number of carbonyl (C=O) groups is 1. The van der Waals surface area contributed by atoms with Crippen molar-refractivity contribution in [2.75, 3.05) is 13.7 Å². The molecular weight excluding hydrogens is 260 g/mol. The molecule has 0 radical (unpaired) electrons. The minimum atomic E-state index is -0.435. The van der Waals surface area contributed by atoms with Crippen LogP contribution >= 0.6 is 0 Å². The minimum absolute atomic E-state index is 0.0361. The van der Waals surface area contributed by atoms with Gasteiger partial charge < -0.3 is 20.4 Å². The third-order valence-electron chi connectivity index (χ3n) is 2.39. The standard InChI is InChI=1S/C11H14N2O3.C3H8O/c1-2-9(7-14)16-10-5-3-8(4-6-10)11(12)13-15;1-3-4-2/h3-7,9,15H,2H2,1H3,(H2,12,13);3H2,1-2H3. The maximum atomic E-state index is 10.6. The van der Waals surface area contributed by atoms with E-state index in [2.05, 4.69) is 9.89 Å². The van der Waals surface area contributed by atoms with E-state index >= 15 is 0 Å². The minimum Gasteiger partial charge on any atom is -0.483 e. The van der Waals surface area contributed by atoms with E-state index in [9.17, 15) is 4.79 Å². The van der Waals surface area contributed by atoms with Crippen LogP contribution < -0.4 is 10.5 Å². The van der Waals surface area contributed by atoms with Gasteiger partial charge in [-0.25, -0.2) is 0 Å². The smallest absolute Gasteiger partial charge is 0.170 e. The molecule has 0 amide bonds. The highest BCUT2D eigenvalue weighted by atomic mass is 16.5. The van der Waals surface area contributed by atoms with Crippen molar-refractivity contribution in [2.45, 2.75) is 26.4 Å². The molecule has 6 nitrogen and oxygen atoms in total. The fourth-order valence-electron chi connectivity index (χ4n) is 1.14. The van der Waals surface area contributed by atoms with Crippen molar-refractivity contribution in [2.24, 2.45) is 10.9 Å². The summed E-state index contributed by atoms with van der Waals surface area (Å²) in [6.07, 6.45) is 0.942. The van der Waals surface area contributed by atoms with E-state index in [1.807, 2.05) is 13.8 Å². The average molecular weight is 282 g/mol. The Labute approximate surface area is 119 Å². The fraction of sp³-hybridized carbons (Fsp3) is 0.429. The van der Waals surface area contributed by atoms with E-state index in [0.717, 1.165) is 12.9 Å². The lowest BCUT2D eigenvalue weighted by molar-refractivity contribution is -0.113. The molecule has 0 fully saturated rings. The molecule has 112 valence electrons. The van der Waals surface area contributed by atoms with E-state index in [0.29, 0.717) is 17.7 Å². The third-order valence-corrected chi connectivity index (χ3v) is 2.39. The molecule has 0 aliphatic carbocycles. The van der Waals surface area contributed by atoms with Crippen LogP contribution in [0.15, 0.2) is 29.4 Å². The van der Waals surface area contributed by atoms with Crippen molar-refractivity contribution in [3.05, 3.63) is 29.8 Å². The predicted octanol–water partition coefficient (Wildman–Crippen LogP) is 1.79. The lowest BCUT2D eigenvalue weighted by Crippen LogP contribution is -2.17. The summed E-state index contributed by atoms with van der Waals surface area (Å²) in [6.45, 7) is 4.64. The summed E-state index contributed by atoms with van der Waals surface area (Å²) < 4.78 is 9.91. The number of hydrogen-bond acceptors (Lipinski definition) is 5. The maximum Gasteiger partial charge on any atom is 0.170 e. The summed E-state index contributed by atoms with van der Waals surface area (Å²) in [7, 11) is 1.68. The van der Waals surface area contributed by atoms with Gasteiger partial charge in [0.15, 0.2) is 18.2 Å². The molecule has 0 bridgehead atoms. The lowest BCUT2D eigenvalue weighted by Gasteiger charge is -2.11. The van der Waals surface area contributed by atoms with Crippen LogP contribution in [0, 0.1) is 0 Å². The van der Waals surface area contributed by atoms with Crippen molar-refractivity contribution in [1.82, 2.24) is 0 Å². The number of aldehydes is 1. The summed E-state index contributed by atoms with van der Waals surface area (Å²) in [6, 6.07) is 6.64. The number of rotatable bonds is 6. The molecule has 0 heterocycles. The Morgan fingerprint density at radius 3 is 2.30 bits per heavy atom. The molecule has 0 aliphatic rings. The molecule has 3 N–H and O–H groups in total. The normalized spacial score (nSPS) is 12.1. The Morgan fingerprint density at radius 2 is 1.95 bits per heavy atom. The zero-order valence-electron chi connectivity index (χ0n) is 12.1. The Hall–Kier alpha value is -2.08. The van der Waals surface area contributed by atoms with Crippen molar-refractivity contribution in [1.29, 1.82) is 0 Å². The van der Waals surface area contributed by atoms with Crippen LogP contribution in [-0.4, -0.2) is 37.1 Å². The van der Waals surface area contributed by atoms with Crippen LogP contribution in [-0.2, 0) is 9.53 Å². The molecule has 1 aromatic carbocycles. The molecule has 20 heavy (non-hydrogen) atoms. The molecule has 1 rings (SSSR count). The van der Waals surface area contributed by atoms with Crippen LogP contribution in [0.4, 0.5) is 0 Å². The predicted molar refractivity (Wildman–Crippen MR) is 77.3 cm³/mol. The summed E-state index contributed by atoms with van der Waals surface area (Å²) >= 11 is 0. The molecule has 0 aromatic heterocycles. The van der Waals surface area contributed by atoms with Gasteiger partial charge in [0.1, 0.15) is 5.75 Å². The first-order valence-corrected chi connectivity index (χ1v) is 6.31. The van der Waals surface area contributed by atoms with Gasteiger partial charge in [-0.1, -0.05) is 12.1 Å². The number of benzene rings is 1. The summed E-state index contributed by atoms with van der Waals surface area (Å²) in [4.78, 5) is 10.6. The lowest BCUT2D eigenvalue weighted by atomic mass is 10.2. The number of hydrogen-bond donors (Lipinski definition) is 2. The third kappa shape index (κ3) is 6.75. The second kappa shape index (κ2) is 10.8. The molecule has 1 atom stereocenters. The van der Waals surface area contributed by atoms with Gasteiger partial charge in [-0.05, 0) is 37.6 Å². The number of nitrogens with zero attached hydrogens (tertiary/aromatic N) is 1. The van der Waals surface area contributed by atoms with Crippen molar-refractivity contribution in [3.63, 3.8) is 0 Å². The first-order chi connectivity index (χ1) is 9.62. The molecule has 6 heteroatoms.